The Kier molecular flexibility index (Phi) is 6.20. The van der Waals surface area contributed by atoms with Crippen LogP contribution in [0.4, 0.5) is 0 Å². The molecular weight excluding hydrogens is 407 g/mol. The molecule has 2 aromatic rings. The maximum absolute atomic E-state index is 10.4. The number of ether oxygens (including phenoxy) is 4. The molecule has 2 aliphatic rings. The van der Waals surface area contributed by atoms with E-state index in [-0.39, 0.29) is 6.61 Å². The second-order valence-corrected chi connectivity index (χ2v) is 7.48. The van der Waals surface area contributed by atoms with Gasteiger partial charge in [-0.2, -0.15) is 0 Å². The molecule has 6 atom stereocenters. The van der Waals surface area contributed by atoms with Crippen LogP contribution >= 0.6 is 23.2 Å². The molecule has 4 rings (SSSR count). The molecule has 2 aromatic carbocycles. The van der Waals surface area contributed by atoms with Gasteiger partial charge in [0.05, 0.1) is 13.2 Å². The summed E-state index contributed by atoms with van der Waals surface area (Å²) in [6.07, 6.45) is -4.71. The van der Waals surface area contributed by atoms with Crippen LogP contribution in [0, 0.1) is 0 Å². The lowest BCUT2D eigenvalue weighted by Crippen LogP contribution is -2.58. The van der Waals surface area contributed by atoms with Gasteiger partial charge in [0.15, 0.2) is 12.6 Å². The molecule has 2 N–H and O–H groups in total. The zero-order valence-electron chi connectivity index (χ0n) is 14.8. The van der Waals surface area contributed by atoms with Crippen LogP contribution in [0.5, 0.6) is 0 Å². The molecule has 2 saturated heterocycles. The third-order valence-electron chi connectivity index (χ3n) is 4.85. The number of hydrogen-bond acceptors (Lipinski definition) is 6. The van der Waals surface area contributed by atoms with Gasteiger partial charge in [0.25, 0.3) is 0 Å². The predicted molar refractivity (Wildman–Crippen MR) is 102 cm³/mol. The minimum absolute atomic E-state index is 0.208. The van der Waals surface area contributed by atoms with Gasteiger partial charge in [-0.15, -0.1) is 0 Å². The SMILES string of the molecule is OC[C@H](O)[C@H]1OC(c2ccccc2Cl)O[C@@H]2COC(c3ccccc3Cl)O[C@@H]12. The number of benzene rings is 2. The van der Waals surface area contributed by atoms with E-state index in [1.165, 1.54) is 0 Å². The molecule has 8 heteroatoms. The Bertz CT molecular complexity index is 817. The molecule has 0 aromatic heterocycles. The molecule has 0 amide bonds. The van der Waals surface area contributed by atoms with Crippen LogP contribution in [-0.4, -0.2) is 47.8 Å². The Morgan fingerprint density at radius 1 is 0.893 bits per heavy atom. The highest BCUT2D eigenvalue weighted by Crippen LogP contribution is 2.41. The van der Waals surface area contributed by atoms with E-state index < -0.39 is 43.6 Å². The fourth-order valence-electron chi connectivity index (χ4n) is 3.42. The summed E-state index contributed by atoms with van der Waals surface area (Å²) in [7, 11) is 0. The van der Waals surface area contributed by atoms with Gasteiger partial charge in [0.1, 0.15) is 24.4 Å². The Labute approximate surface area is 172 Å². The van der Waals surface area contributed by atoms with Crippen molar-refractivity contribution in [3.05, 3.63) is 69.7 Å². The zero-order chi connectivity index (χ0) is 19.7. The van der Waals surface area contributed by atoms with Gasteiger partial charge in [-0.05, 0) is 12.1 Å². The molecule has 0 aliphatic carbocycles. The lowest BCUT2D eigenvalue weighted by atomic mass is 9.99. The van der Waals surface area contributed by atoms with E-state index in [9.17, 15) is 10.2 Å². The largest absolute Gasteiger partial charge is 0.394 e. The Morgan fingerprint density at radius 2 is 1.50 bits per heavy atom. The van der Waals surface area contributed by atoms with Crippen molar-refractivity contribution in [1.29, 1.82) is 0 Å². The van der Waals surface area contributed by atoms with E-state index in [0.717, 1.165) is 0 Å². The van der Waals surface area contributed by atoms with Crippen LogP contribution in [0.1, 0.15) is 23.7 Å². The average Bonchev–Trinajstić information content (AvgIpc) is 2.73. The van der Waals surface area contributed by atoms with Crippen LogP contribution in [-0.2, 0) is 18.9 Å². The molecular formula is C20H20Cl2O6. The van der Waals surface area contributed by atoms with Gasteiger partial charge >= 0.3 is 0 Å². The van der Waals surface area contributed by atoms with Crippen LogP contribution in [0.15, 0.2) is 48.5 Å². The van der Waals surface area contributed by atoms with E-state index in [4.69, 9.17) is 42.1 Å². The summed E-state index contributed by atoms with van der Waals surface area (Å²) in [4.78, 5) is 0. The van der Waals surface area contributed by atoms with Crippen LogP contribution in [0.3, 0.4) is 0 Å². The standard InChI is InChI=1S/C20H20Cl2O6/c21-13-7-3-1-5-11(13)19-25-10-16-18(28-19)17(15(24)9-23)27-20(26-16)12-6-2-4-8-14(12)22/h1-8,15-20,23-24H,9-10H2/t15-,16+,17+,18+,19?,20?/m0/s1. The maximum Gasteiger partial charge on any atom is 0.186 e. The number of halogens is 2. The number of rotatable bonds is 4. The minimum atomic E-state index is -1.16. The van der Waals surface area contributed by atoms with Crippen molar-refractivity contribution in [2.75, 3.05) is 13.2 Å². The van der Waals surface area contributed by atoms with E-state index in [1.807, 2.05) is 24.3 Å². The number of fused-ring (bicyclic) bond motifs is 1. The summed E-state index contributed by atoms with van der Waals surface area (Å²) in [5, 5.41) is 20.9. The molecule has 0 radical (unpaired) electrons. The van der Waals surface area contributed by atoms with Gasteiger partial charge in [0, 0.05) is 21.2 Å². The highest BCUT2D eigenvalue weighted by Gasteiger charge is 2.48. The minimum Gasteiger partial charge on any atom is -0.394 e. The van der Waals surface area contributed by atoms with Crippen LogP contribution in [0.25, 0.3) is 0 Å². The predicted octanol–water partition coefficient (Wildman–Crippen LogP) is 3.24. The van der Waals surface area contributed by atoms with Crippen LogP contribution in [0.2, 0.25) is 10.0 Å². The Balaban J connectivity index is 1.59. The lowest BCUT2D eigenvalue weighted by molar-refractivity contribution is -0.373. The molecule has 0 bridgehead atoms. The first-order valence-electron chi connectivity index (χ1n) is 8.94. The van der Waals surface area contributed by atoms with E-state index in [1.54, 1.807) is 24.3 Å². The molecule has 0 saturated carbocycles. The van der Waals surface area contributed by atoms with Crippen molar-refractivity contribution < 1.29 is 29.2 Å². The van der Waals surface area contributed by atoms with Gasteiger partial charge in [0.2, 0.25) is 0 Å². The normalized spacial score (nSPS) is 31.2. The Morgan fingerprint density at radius 3 is 2.11 bits per heavy atom. The third kappa shape index (κ3) is 3.92. The fraction of sp³-hybridized carbons (Fsp3) is 0.400. The highest BCUT2D eigenvalue weighted by molar-refractivity contribution is 6.31. The van der Waals surface area contributed by atoms with Crippen molar-refractivity contribution in [1.82, 2.24) is 0 Å². The summed E-state index contributed by atoms with van der Waals surface area (Å²) in [5.74, 6) is 0. The highest BCUT2D eigenvalue weighted by atomic mass is 35.5. The third-order valence-corrected chi connectivity index (χ3v) is 5.53. The molecule has 6 nitrogen and oxygen atoms in total. The monoisotopic (exact) mass is 426 g/mol. The molecule has 28 heavy (non-hydrogen) atoms. The number of aliphatic hydroxyl groups is 2. The summed E-state index contributed by atoms with van der Waals surface area (Å²) in [6.45, 7) is -0.274. The quantitative estimate of drug-likeness (QED) is 0.781. The van der Waals surface area contributed by atoms with Gasteiger partial charge < -0.3 is 29.2 Å². The topological polar surface area (TPSA) is 77.4 Å². The zero-order valence-corrected chi connectivity index (χ0v) is 16.3. The van der Waals surface area contributed by atoms with Gasteiger partial charge in [-0.25, -0.2) is 0 Å². The van der Waals surface area contributed by atoms with Crippen molar-refractivity contribution >= 4 is 23.2 Å². The van der Waals surface area contributed by atoms with Crippen molar-refractivity contribution in [3.8, 4) is 0 Å². The maximum atomic E-state index is 10.4. The summed E-state index contributed by atoms with van der Waals surface area (Å²) < 4.78 is 23.8. The first kappa shape index (κ1) is 20.1. The molecule has 2 fully saturated rings. The lowest BCUT2D eigenvalue weighted by Gasteiger charge is -2.47. The molecule has 2 aliphatic heterocycles. The molecule has 0 spiro atoms. The van der Waals surface area contributed by atoms with Crippen molar-refractivity contribution in [2.45, 2.75) is 37.0 Å². The molecule has 150 valence electrons. The average molecular weight is 427 g/mol. The number of aliphatic hydroxyl groups excluding tert-OH is 2. The summed E-state index contributed by atoms with van der Waals surface area (Å²) >= 11 is 12.5. The summed E-state index contributed by atoms with van der Waals surface area (Å²) in [5.41, 5.74) is 1.30. The van der Waals surface area contributed by atoms with E-state index >= 15 is 0 Å². The second-order valence-electron chi connectivity index (χ2n) is 6.67. The second kappa shape index (κ2) is 8.65. The van der Waals surface area contributed by atoms with Gasteiger partial charge in [-0.3, -0.25) is 0 Å². The van der Waals surface area contributed by atoms with E-state index in [0.29, 0.717) is 21.2 Å². The first-order chi connectivity index (χ1) is 13.6. The smallest absolute Gasteiger partial charge is 0.186 e. The van der Waals surface area contributed by atoms with Crippen molar-refractivity contribution in [2.24, 2.45) is 0 Å². The number of hydrogen-bond donors (Lipinski definition) is 2. The van der Waals surface area contributed by atoms with Gasteiger partial charge in [-0.1, -0.05) is 59.6 Å². The Hall–Kier alpha value is -1.22. The fourth-order valence-corrected chi connectivity index (χ4v) is 3.87. The van der Waals surface area contributed by atoms with Crippen molar-refractivity contribution in [3.63, 3.8) is 0 Å². The molecule has 2 heterocycles. The first-order valence-corrected chi connectivity index (χ1v) is 9.70. The summed E-state index contributed by atoms with van der Waals surface area (Å²) in [6, 6.07) is 14.3. The molecule has 2 unspecified atom stereocenters. The van der Waals surface area contributed by atoms with Crippen LogP contribution < -0.4 is 0 Å². The van der Waals surface area contributed by atoms with E-state index in [2.05, 4.69) is 0 Å².